The maximum absolute atomic E-state index is 13.6. The van der Waals surface area contributed by atoms with Crippen LogP contribution in [0.25, 0.3) is 0 Å². The van der Waals surface area contributed by atoms with Gasteiger partial charge in [0.15, 0.2) is 11.6 Å². The lowest BCUT2D eigenvalue weighted by atomic mass is 9.79. The number of rotatable bonds is 4. The fourth-order valence-corrected chi connectivity index (χ4v) is 5.33. The van der Waals surface area contributed by atoms with E-state index < -0.39 is 54.0 Å². The Hall–Kier alpha value is -3.35. The van der Waals surface area contributed by atoms with Crippen LogP contribution in [-0.2, 0) is 9.53 Å². The molecule has 0 unspecified atom stereocenters. The number of piperidine rings is 1. The van der Waals surface area contributed by atoms with Gasteiger partial charge in [0, 0.05) is 29.2 Å². The Balaban J connectivity index is 1.62. The number of esters is 1. The second-order valence-electron chi connectivity index (χ2n) is 9.84. The normalized spacial score (nSPS) is 27.4. The van der Waals surface area contributed by atoms with Crippen LogP contribution in [0.1, 0.15) is 70.0 Å². The zero-order valence-corrected chi connectivity index (χ0v) is 20.8. The maximum atomic E-state index is 13.6. The fraction of sp³-hybridized carbons (Fsp3) is 0.444. The van der Waals surface area contributed by atoms with E-state index in [1.165, 1.54) is 38.1 Å². The first-order chi connectivity index (χ1) is 18.1. The van der Waals surface area contributed by atoms with Crippen LogP contribution < -0.4 is 14.8 Å². The molecule has 0 spiro atoms. The number of hydrogen-bond acceptors (Lipinski definition) is 11. The van der Waals surface area contributed by atoms with Gasteiger partial charge in [-0.15, -0.1) is 0 Å². The molecule has 11 nitrogen and oxygen atoms in total. The highest BCUT2D eigenvalue weighted by Crippen LogP contribution is 2.46. The number of carbonyl (C=O) groups is 3. The summed E-state index contributed by atoms with van der Waals surface area (Å²) in [5.41, 5.74) is 0.0949. The van der Waals surface area contributed by atoms with Gasteiger partial charge < -0.3 is 40.0 Å². The summed E-state index contributed by atoms with van der Waals surface area (Å²) < 4.78 is 16.6. The minimum Gasteiger partial charge on any atom is -0.507 e. The van der Waals surface area contributed by atoms with Gasteiger partial charge in [-0.05, 0) is 63.0 Å². The number of aromatic hydroxyl groups is 1. The summed E-state index contributed by atoms with van der Waals surface area (Å²) in [5, 5.41) is 45.5. The molecule has 2 aromatic carbocycles. The van der Waals surface area contributed by atoms with Gasteiger partial charge in [-0.1, -0.05) is 0 Å². The Morgan fingerprint density at radius 2 is 1.68 bits per heavy atom. The number of ether oxygens (including phenoxy) is 3. The molecule has 0 amide bonds. The molecule has 0 aromatic heterocycles. The predicted molar refractivity (Wildman–Crippen MR) is 131 cm³/mol. The summed E-state index contributed by atoms with van der Waals surface area (Å²) in [6.07, 6.45) is -5.58. The largest absolute Gasteiger partial charge is 0.507 e. The van der Waals surface area contributed by atoms with Crippen molar-refractivity contribution in [2.45, 2.75) is 63.3 Å². The smallest absolute Gasteiger partial charge is 0.308 e. The van der Waals surface area contributed by atoms with Gasteiger partial charge in [0.2, 0.25) is 6.29 Å². The molecule has 5 N–H and O–H groups in total. The van der Waals surface area contributed by atoms with Gasteiger partial charge in [0.1, 0.15) is 35.6 Å². The van der Waals surface area contributed by atoms with Crippen molar-refractivity contribution in [3.05, 3.63) is 52.1 Å². The van der Waals surface area contributed by atoms with E-state index in [4.69, 9.17) is 14.2 Å². The summed E-state index contributed by atoms with van der Waals surface area (Å²) in [6, 6.07) is 5.42. The molecule has 2 heterocycles. The molecule has 5 rings (SSSR count). The molecule has 5 atom stereocenters. The summed E-state index contributed by atoms with van der Waals surface area (Å²) in [7, 11) is 0. The Morgan fingerprint density at radius 1 is 0.974 bits per heavy atom. The quantitative estimate of drug-likeness (QED) is 0.240. The number of hydrogen-bond donors (Lipinski definition) is 5. The molecule has 3 aliphatic rings. The van der Waals surface area contributed by atoms with E-state index in [1.54, 1.807) is 0 Å². The van der Waals surface area contributed by atoms with Gasteiger partial charge in [-0.2, -0.15) is 0 Å². The van der Waals surface area contributed by atoms with Gasteiger partial charge in [-0.25, -0.2) is 0 Å². The third-order valence-electron chi connectivity index (χ3n) is 7.31. The molecule has 38 heavy (non-hydrogen) atoms. The van der Waals surface area contributed by atoms with Crippen LogP contribution >= 0.6 is 0 Å². The van der Waals surface area contributed by atoms with Crippen LogP contribution in [0.5, 0.6) is 17.2 Å². The van der Waals surface area contributed by atoms with Crippen molar-refractivity contribution < 1.29 is 49.0 Å². The first kappa shape index (κ1) is 26.3. The van der Waals surface area contributed by atoms with Crippen LogP contribution in [0, 0.1) is 0 Å². The average molecular weight is 528 g/mol. The lowest BCUT2D eigenvalue weighted by molar-refractivity contribution is -0.268. The van der Waals surface area contributed by atoms with E-state index in [0.29, 0.717) is 31.5 Å². The van der Waals surface area contributed by atoms with Crippen molar-refractivity contribution in [1.29, 1.82) is 0 Å². The highest BCUT2D eigenvalue weighted by Gasteiger charge is 2.44. The van der Waals surface area contributed by atoms with E-state index in [1.807, 2.05) is 0 Å². The van der Waals surface area contributed by atoms with Crippen molar-refractivity contribution in [2.24, 2.45) is 0 Å². The molecular weight excluding hydrogens is 498 g/mol. The number of benzene rings is 2. The number of ketones is 2. The molecule has 2 aromatic rings. The number of nitrogens with one attached hydrogen (secondary N) is 1. The summed E-state index contributed by atoms with van der Waals surface area (Å²) in [6.45, 7) is 4.03. The predicted octanol–water partition coefficient (Wildman–Crippen LogP) is 0.766. The van der Waals surface area contributed by atoms with Crippen LogP contribution in [0.2, 0.25) is 0 Å². The number of aliphatic hydroxyl groups is 3. The van der Waals surface area contributed by atoms with Crippen LogP contribution in [0.3, 0.4) is 0 Å². The average Bonchev–Trinajstić information content (AvgIpc) is 2.89. The SMILES string of the molecule is CC(=O)Oc1ccc2c(c1)C(=O)c1cc(O[C@H]3O[C@H](C)[C@@H](O)[C@@H](O)[C@H]3O)c(C3CCNCC3)c(O)c1C2=O. The Kier molecular flexibility index (Phi) is 6.97. The number of fused-ring (bicyclic) bond motifs is 2. The van der Waals surface area contributed by atoms with Crippen molar-refractivity contribution in [1.82, 2.24) is 5.32 Å². The lowest BCUT2D eigenvalue weighted by Crippen LogP contribution is -2.58. The molecule has 0 saturated carbocycles. The molecule has 202 valence electrons. The molecule has 11 heteroatoms. The van der Waals surface area contributed by atoms with Gasteiger partial charge in [-0.3, -0.25) is 14.4 Å². The molecule has 0 radical (unpaired) electrons. The second-order valence-corrected chi connectivity index (χ2v) is 9.84. The number of aliphatic hydroxyl groups excluding tert-OH is 3. The minimum absolute atomic E-state index is 0.00216. The van der Waals surface area contributed by atoms with Crippen molar-refractivity contribution in [3.8, 4) is 17.2 Å². The third-order valence-corrected chi connectivity index (χ3v) is 7.31. The number of carbonyl (C=O) groups excluding carboxylic acids is 3. The standard InChI is InChI=1S/C27H29NO10/c1-11-21(30)25(34)26(35)27(36-11)38-18-10-17-20(24(33)19(18)13-5-7-28-8-6-13)23(32)15-4-3-14(37-12(2)29)9-16(15)22(17)31/h3-4,9-11,13,21,25-28,30,33-35H,5-8H2,1-2H3/t11-,21-,25-,26-,27-/m1/s1. The fourth-order valence-electron chi connectivity index (χ4n) is 5.33. The highest BCUT2D eigenvalue weighted by atomic mass is 16.7. The highest BCUT2D eigenvalue weighted by molar-refractivity contribution is 6.29. The topological polar surface area (TPSA) is 172 Å². The van der Waals surface area contributed by atoms with Crippen molar-refractivity contribution >= 4 is 17.5 Å². The van der Waals surface area contributed by atoms with E-state index in [2.05, 4.69) is 5.32 Å². The Morgan fingerprint density at radius 3 is 2.37 bits per heavy atom. The second kappa shape index (κ2) is 10.1. The summed E-state index contributed by atoms with van der Waals surface area (Å²) >= 11 is 0. The van der Waals surface area contributed by atoms with Gasteiger partial charge >= 0.3 is 5.97 Å². The lowest BCUT2D eigenvalue weighted by Gasteiger charge is -2.39. The third kappa shape index (κ3) is 4.46. The van der Waals surface area contributed by atoms with E-state index in [-0.39, 0.29) is 39.7 Å². The number of phenolic OH excluding ortho intramolecular Hbond substituents is 1. The summed E-state index contributed by atoms with van der Waals surface area (Å²) in [5.74, 6) is -2.26. The van der Waals surface area contributed by atoms with E-state index >= 15 is 0 Å². The van der Waals surface area contributed by atoms with E-state index in [0.717, 1.165) is 0 Å². The van der Waals surface area contributed by atoms with E-state index in [9.17, 15) is 34.8 Å². The molecule has 2 fully saturated rings. The zero-order chi connectivity index (χ0) is 27.3. The zero-order valence-electron chi connectivity index (χ0n) is 20.8. The van der Waals surface area contributed by atoms with Crippen LogP contribution in [-0.4, -0.2) is 81.8 Å². The first-order valence-electron chi connectivity index (χ1n) is 12.5. The summed E-state index contributed by atoms with van der Waals surface area (Å²) in [4.78, 5) is 38.5. The molecular formula is C27H29NO10. The Labute approximate surface area is 217 Å². The Bertz CT molecular complexity index is 1300. The minimum atomic E-state index is -1.62. The molecule has 0 bridgehead atoms. The van der Waals surface area contributed by atoms with Gasteiger partial charge in [0.25, 0.3) is 0 Å². The first-order valence-corrected chi connectivity index (χ1v) is 12.5. The van der Waals surface area contributed by atoms with Crippen molar-refractivity contribution in [3.63, 3.8) is 0 Å². The maximum Gasteiger partial charge on any atom is 0.308 e. The van der Waals surface area contributed by atoms with Crippen LogP contribution in [0.15, 0.2) is 24.3 Å². The monoisotopic (exact) mass is 527 g/mol. The molecule has 1 aliphatic carbocycles. The van der Waals surface area contributed by atoms with Crippen molar-refractivity contribution in [2.75, 3.05) is 13.1 Å². The molecule has 2 saturated heterocycles. The number of phenols is 1. The van der Waals surface area contributed by atoms with Gasteiger partial charge in [0.05, 0.1) is 11.7 Å². The van der Waals surface area contributed by atoms with Crippen LogP contribution in [0.4, 0.5) is 0 Å². The molecule has 2 aliphatic heterocycles.